The first kappa shape index (κ1) is 8.66. The van der Waals surface area contributed by atoms with E-state index in [1.165, 1.54) is 0 Å². The molecule has 0 atom stereocenters. The highest BCUT2D eigenvalue weighted by molar-refractivity contribution is 9.14. The van der Waals surface area contributed by atoms with Crippen LogP contribution in [0.1, 0.15) is 6.92 Å². The predicted molar refractivity (Wildman–Crippen MR) is 41.4 cm³/mol. The number of rotatable bonds is 1. The van der Waals surface area contributed by atoms with Gasteiger partial charge in [-0.3, -0.25) is 4.79 Å². The van der Waals surface area contributed by atoms with Gasteiger partial charge in [0, 0.05) is 4.48 Å². The monoisotopic (exact) mass is 260 g/mol. The predicted octanol–water partition coefficient (Wildman–Crippen LogP) is 2.77. The van der Waals surface area contributed by atoms with Crippen LogP contribution in [0.15, 0.2) is 8.96 Å². The lowest BCUT2D eigenvalue weighted by atomic mass is 10.6. The Morgan fingerprint density at radius 3 is 1.88 bits per heavy atom. The van der Waals surface area contributed by atoms with Gasteiger partial charge in [-0.2, -0.15) is 0 Å². The lowest BCUT2D eigenvalue weighted by Gasteiger charge is -1.87. The molecule has 4 heteroatoms. The average Bonchev–Trinajstić information content (AvgIpc) is 1.64. The maximum absolute atomic E-state index is 10.2. The van der Waals surface area contributed by atoms with Crippen LogP contribution in [0, 0.1) is 0 Å². The highest BCUT2D eigenvalue weighted by Crippen LogP contribution is 2.18. The molecule has 0 saturated heterocycles. The van der Waals surface area contributed by atoms with E-state index in [2.05, 4.69) is 31.9 Å². The Balaban J connectivity index is 4.23. The first-order chi connectivity index (χ1) is 3.55. The van der Waals surface area contributed by atoms with Crippen molar-refractivity contribution in [3.63, 3.8) is 0 Å². The molecule has 0 aliphatic heterocycles. The third-order valence-electron chi connectivity index (χ3n) is 0.475. The van der Waals surface area contributed by atoms with Gasteiger partial charge in [0.1, 0.15) is 0 Å². The molecule has 0 aliphatic carbocycles. The van der Waals surface area contributed by atoms with Crippen LogP contribution >= 0.6 is 43.5 Å². The molecule has 0 aromatic rings. The summed E-state index contributed by atoms with van der Waals surface area (Å²) in [5.74, 6) is 0. The Morgan fingerprint density at radius 1 is 1.50 bits per heavy atom. The van der Waals surface area contributed by atoms with E-state index in [0.29, 0.717) is 8.96 Å². The third kappa shape index (κ3) is 2.84. The van der Waals surface area contributed by atoms with E-state index in [1.54, 1.807) is 6.92 Å². The van der Waals surface area contributed by atoms with Crippen molar-refractivity contribution < 1.29 is 4.79 Å². The average molecular weight is 262 g/mol. The number of hydrogen-bond acceptors (Lipinski definition) is 1. The van der Waals surface area contributed by atoms with Crippen LogP contribution in [0.25, 0.3) is 0 Å². The number of hydrogen-bond donors (Lipinski definition) is 0. The van der Waals surface area contributed by atoms with Crippen LogP contribution < -0.4 is 0 Å². The molecular weight excluding hydrogens is 259 g/mol. The Labute approximate surface area is 69.3 Å². The van der Waals surface area contributed by atoms with E-state index < -0.39 is 5.24 Å². The molecule has 0 fully saturated rings. The fourth-order valence-electron chi connectivity index (χ4n) is 0.135. The van der Waals surface area contributed by atoms with Gasteiger partial charge in [0.05, 0.1) is 4.48 Å². The summed E-state index contributed by atoms with van der Waals surface area (Å²) in [6, 6.07) is 0. The zero-order valence-corrected chi connectivity index (χ0v) is 7.97. The van der Waals surface area contributed by atoms with Crippen molar-refractivity contribution in [2.45, 2.75) is 6.92 Å². The van der Waals surface area contributed by atoms with Crippen molar-refractivity contribution in [3.8, 4) is 0 Å². The molecule has 0 spiro atoms. The molecule has 0 N–H and O–H groups in total. The first-order valence-corrected chi connectivity index (χ1v) is 3.74. The lowest BCUT2D eigenvalue weighted by Crippen LogP contribution is -1.83. The van der Waals surface area contributed by atoms with Crippen molar-refractivity contribution in [1.29, 1.82) is 0 Å². The highest BCUT2D eigenvalue weighted by Gasteiger charge is 2.02. The molecule has 0 radical (unpaired) electrons. The smallest absolute Gasteiger partial charge is 0.260 e. The summed E-state index contributed by atoms with van der Waals surface area (Å²) >= 11 is 11.1. The molecule has 0 aromatic heterocycles. The van der Waals surface area contributed by atoms with Gasteiger partial charge in [0.25, 0.3) is 5.24 Å². The Hall–Kier alpha value is 0.660. The van der Waals surface area contributed by atoms with Gasteiger partial charge in [-0.15, -0.1) is 0 Å². The molecule has 1 nitrogen and oxygen atoms in total. The second-order valence-electron chi connectivity index (χ2n) is 1.12. The van der Waals surface area contributed by atoms with Crippen molar-refractivity contribution in [2.24, 2.45) is 0 Å². The molecule has 0 aromatic carbocycles. The molecule has 8 heavy (non-hydrogen) atoms. The topological polar surface area (TPSA) is 17.1 Å². The Bertz CT molecular complexity index is 137. The van der Waals surface area contributed by atoms with Gasteiger partial charge in [-0.1, -0.05) is 15.9 Å². The minimum atomic E-state index is -0.487. The van der Waals surface area contributed by atoms with Crippen LogP contribution in [-0.2, 0) is 4.79 Å². The third-order valence-corrected chi connectivity index (χ3v) is 2.78. The van der Waals surface area contributed by atoms with Gasteiger partial charge >= 0.3 is 0 Å². The van der Waals surface area contributed by atoms with Crippen molar-refractivity contribution in [2.75, 3.05) is 0 Å². The standard InChI is InChI=1S/C4H3Br2ClO/c1-2(5)3(6)4(7)8/h1H3/b3-2+. The van der Waals surface area contributed by atoms with Gasteiger partial charge in [-0.25, -0.2) is 0 Å². The zero-order valence-electron chi connectivity index (χ0n) is 4.04. The molecule has 0 saturated carbocycles. The Kier molecular flexibility index (Phi) is 3.94. The van der Waals surface area contributed by atoms with Crippen LogP contribution in [0.5, 0.6) is 0 Å². The van der Waals surface area contributed by atoms with Crippen molar-refractivity contribution >= 4 is 48.7 Å². The molecular formula is C4H3Br2ClO. The fraction of sp³-hybridized carbons (Fsp3) is 0.250. The van der Waals surface area contributed by atoms with Gasteiger partial charge in [-0.05, 0) is 34.5 Å². The second-order valence-corrected chi connectivity index (χ2v) is 3.45. The number of carbonyl (C=O) groups excluding carboxylic acids is 1. The largest absolute Gasteiger partial charge is 0.275 e. The van der Waals surface area contributed by atoms with E-state index in [9.17, 15) is 4.79 Å². The molecule has 0 rings (SSSR count). The van der Waals surface area contributed by atoms with Gasteiger partial charge in [0.15, 0.2) is 0 Å². The quantitative estimate of drug-likeness (QED) is 0.524. The normalized spacial score (nSPS) is 13.0. The molecule has 0 amide bonds. The maximum Gasteiger partial charge on any atom is 0.260 e. The minimum absolute atomic E-state index is 0.374. The van der Waals surface area contributed by atoms with Crippen molar-refractivity contribution in [1.82, 2.24) is 0 Å². The maximum atomic E-state index is 10.2. The molecule has 0 heterocycles. The molecule has 0 aliphatic rings. The van der Waals surface area contributed by atoms with Crippen LogP contribution in [-0.4, -0.2) is 5.24 Å². The van der Waals surface area contributed by atoms with Crippen LogP contribution in [0.3, 0.4) is 0 Å². The van der Waals surface area contributed by atoms with E-state index in [0.717, 1.165) is 0 Å². The van der Waals surface area contributed by atoms with E-state index in [4.69, 9.17) is 11.6 Å². The SMILES string of the molecule is C/C(Br)=C(\Br)C(=O)Cl. The highest BCUT2D eigenvalue weighted by atomic mass is 79.9. The van der Waals surface area contributed by atoms with Gasteiger partial charge < -0.3 is 0 Å². The molecule has 46 valence electrons. The molecule has 0 unspecified atom stereocenters. The van der Waals surface area contributed by atoms with Gasteiger partial charge in [0.2, 0.25) is 0 Å². The minimum Gasteiger partial charge on any atom is -0.275 e. The number of carbonyl (C=O) groups is 1. The van der Waals surface area contributed by atoms with E-state index in [1.807, 2.05) is 0 Å². The Morgan fingerprint density at radius 2 is 1.88 bits per heavy atom. The molecule has 0 bridgehead atoms. The van der Waals surface area contributed by atoms with E-state index >= 15 is 0 Å². The van der Waals surface area contributed by atoms with Crippen LogP contribution in [0.4, 0.5) is 0 Å². The number of allylic oxidation sites excluding steroid dienone is 2. The van der Waals surface area contributed by atoms with Crippen LogP contribution in [0.2, 0.25) is 0 Å². The summed E-state index contributed by atoms with van der Waals surface area (Å²) in [7, 11) is 0. The first-order valence-electron chi connectivity index (χ1n) is 1.77. The van der Waals surface area contributed by atoms with Crippen molar-refractivity contribution in [3.05, 3.63) is 8.96 Å². The fourth-order valence-corrected chi connectivity index (χ4v) is 0.571. The second kappa shape index (κ2) is 3.64. The summed E-state index contributed by atoms with van der Waals surface area (Å²) in [6.45, 7) is 1.73. The summed E-state index contributed by atoms with van der Waals surface area (Å²) in [5.41, 5.74) is 0. The number of halogens is 3. The summed E-state index contributed by atoms with van der Waals surface area (Å²) in [6.07, 6.45) is 0. The summed E-state index contributed by atoms with van der Waals surface area (Å²) in [4.78, 5) is 10.2. The summed E-state index contributed by atoms with van der Waals surface area (Å²) < 4.78 is 1.08. The zero-order chi connectivity index (χ0) is 6.73. The lowest BCUT2D eigenvalue weighted by molar-refractivity contribution is -0.107. The van der Waals surface area contributed by atoms with E-state index in [-0.39, 0.29) is 0 Å². The summed E-state index contributed by atoms with van der Waals surface area (Å²) in [5, 5.41) is -0.487.